The van der Waals surface area contributed by atoms with Gasteiger partial charge in [0.05, 0.1) is 25.4 Å². The average molecular weight is 348 g/mol. The van der Waals surface area contributed by atoms with Gasteiger partial charge < -0.3 is 19.5 Å². The highest BCUT2D eigenvalue weighted by Gasteiger charge is 2.28. The first-order valence-electron chi connectivity index (χ1n) is 9.52. The van der Waals surface area contributed by atoms with Crippen LogP contribution < -0.4 is 4.90 Å². The van der Waals surface area contributed by atoms with E-state index in [1.165, 1.54) is 17.7 Å². The van der Waals surface area contributed by atoms with Gasteiger partial charge in [-0.05, 0) is 49.9 Å². The summed E-state index contributed by atoms with van der Waals surface area (Å²) in [4.78, 5) is 4.53. The summed E-state index contributed by atoms with van der Waals surface area (Å²) >= 11 is 0. The number of anilines is 1. The summed E-state index contributed by atoms with van der Waals surface area (Å²) in [5.74, 6) is 0. The smallest absolute Gasteiger partial charge is 0.0900 e. The van der Waals surface area contributed by atoms with Crippen molar-refractivity contribution in [2.75, 3.05) is 51.9 Å². The van der Waals surface area contributed by atoms with Gasteiger partial charge in [-0.3, -0.25) is 4.90 Å². The summed E-state index contributed by atoms with van der Waals surface area (Å²) in [7, 11) is 4.14. The van der Waals surface area contributed by atoms with E-state index in [9.17, 15) is 5.11 Å². The molecule has 2 aliphatic heterocycles. The number of hydrogen-bond acceptors (Lipinski definition) is 5. The van der Waals surface area contributed by atoms with Gasteiger partial charge in [-0.1, -0.05) is 12.1 Å². The summed E-state index contributed by atoms with van der Waals surface area (Å²) in [5, 5.41) is 10.4. The number of nitrogens with zero attached hydrogens (tertiary/aromatic N) is 2. The molecule has 3 rings (SSSR count). The molecule has 0 radical (unpaired) electrons. The lowest BCUT2D eigenvalue weighted by Crippen LogP contribution is -2.35. The van der Waals surface area contributed by atoms with Crippen molar-refractivity contribution < 1.29 is 14.6 Å². The topological polar surface area (TPSA) is 45.2 Å². The van der Waals surface area contributed by atoms with Crippen molar-refractivity contribution >= 4 is 5.69 Å². The lowest BCUT2D eigenvalue weighted by molar-refractivity contribution is -0.0261. The quantitative estimate of drug-likeness (QED) is 0.782. The van der Waals surface area contributed by atoms with E-state index in [1.807, 2.05) is 0 Å². The summed E-state index contributed by atoms with van der Waals surface area (Å²) in [5.41, 5.74) is 2.57. The molecular formula is C20H32N2O3. The lowest BCUT2D eigenvalue weighted by Gasteiger charge is -2.28. The van der Waals surface area contributed by atoms with Crippen LogP contribution in [0.5, 0.6) is 0 Å². The van der Waals surface area contributed by atoms with Crippen LogP contribution in [0.15, 0.2) is 24.3 Å². The molecule has 0 aliphatic carbocycles. The second-order valence-corrected chi connectivity index (χ2v) is 7.47. The molecule has 3 atom stereocenters. The molecule has 2 heterocycles. The third-order valence-electron chi connectivity index (χ3n) is 5.22. The van der Waals surface area contributed by atoms with Crippen molar-refractivity contribution in [3.8, 4) is 0 Å². The highest BCUT2D eigenvalue weighted by molar-refractivity contribution is 5.48. The monoisotopic (exact) mass is 348 g/mol. The van der Waals surface area contributed by atoms with Gasteiger partial charge in [0.1, 0.15) is 0 Å². The molecule has 3 unspecified atom stereocenters. The number of hydrogen-bond donors (Lipinski definition) is 1. The molecule has 140 valence electrons. The Hall–Kier alpha value is -1.14. The minimum atomic E-state index is -0.445. The molecule has 25 heavy (non-hydrogen) atoms. The van der Waals surface area contributed by atoms with Crippen molar-refractivity contribution in [1.82, 2.24) is 4.90 Å². The van der Waals surface area contributed by atoms with Crippen LogP contribution in [0, 0.1) is 0 Å². The summed E-state index contributed by atoms with van der Waals surface area (Å²) < 4.78 is 11.2. The second kappa shape index (κ2) is 8.99. The minimum Gasteiger partial charge on any atom is -0.389 e. The third kappa shape index (κ3) is 5.17. The van der Waals surface area contributed by atoms with Gasteiger partial charge >= 0.3 is 0 Å². The molecule has 1 N–H and O–H groups in total. The van der Waals surface area contributed by atoms with Crippen LogP contribution in [0.4, 0.5) is 5.69 Å². The minimum absolute atomic E-state index is 0.223. The van der Waals surface area contributed by atoms with Crippen LogP contribution in [0.1, 0.15) is 37.3 Å². The Balaban J connectivity index is 1.50. The molecule has 2 saturated heterocycles. The first kappa shape index (κ1) is 18.6. The largest absolute Gasteiger partial charge is 0.389 e. The van der Waals surface area contributed by atoms with E-state index in [0.717, 1.165) is 32.4 Å². The van der Waals surface area contributed by atoms with E-state index in [1.54, 1.807) is 0 Å². The lowest BCUT2D eigenvalue weighted by atomic mass is 10.0. The van der Waals surface area contributed by atoms with Crippen LogP contribution in [0.2, 0.25) is 0 Å². The second-order valence-electron chi connectivity index (χ2n) is 7.47. The van der Waals surface area contributed by atoms with E-state index in [2.05, 4.69) is 48.2 Å². The van der Waals surface area contributed by atoms with Gasteiger partial charge in [-0.25, -0.2) is 0 Å². The molecule has 1 aromatic carbocycles. The van der Waals surface area contributed by atoms with E-state index in [0.29, 0.717) is 25.8 Å². The number of ether oxygens (including phenoxy) is 2. The molecule has 2 aliphatic rings. The number of aliphatic hydroxyl groups excluding tert-OH is 1. The fourth-order valence-corrected chi connectivity index (χ4v) is 3.87. The number of β-amino-alcohol motifs (C(OH)–C–C–N with tert-alkyl or cyclic N) is 1. The number of rotatable bonds is 8. The predicted octanol–water partition coefficient (Wildman–Crippen LogP) is 2.45. The van der Waals surface area contributed by atoms with Crippen LogP contribution >= 0.6 is 0 Å². The SMILES string of the molecule is CN(C)c1cccc(C2CCCN2CC(O)COCC2CCCO2)c1. The zero-order valence-electron chi connectivity index (χ0n) is 15.6. The van der Waals surface area contributed by atoms with Crippen LogP contribution in [-0.4, -0.2) is 69.2 Å². The van der Waals surface area contributed by atoms with Crippen LogP contribution in [0.3, 0.4) is 0 Å². The van der Waals surface area contributed by atoms with E-state index >= 15 is 0 Å². The van der Waals surface area contributed by atoms with Gasteiger partial charge in [-0.2, -0.15) is 0 Å². The van der Waals surface area contributed by atoms with Crippen molar-refractivity contribution in [2.24, 2.45) is 0 Å². The van der Waals surface area contributed by atoms with E-state index < -0.39 is 6.10 Å². The van der Waals surface area contributed by atoms with Crippen LogP contribution in [0.25, 0.3) is 0 Å². The molecule has 2 fully saturated rings. The average Bonchev–Trinajstić information content (AvgIpc) is 3.27. The maximum Gasteiger partial charge on any atom is 0.0900 e. The van der Waals surface area contributed by atoms with E-state index in [4.69, 9.17) is 9.47 Å². The molecule has 5 heteroatoms. The summed E-state index contributed by atoms with van der Waals surface area (Å²) in [6, 6.07) is 9.13. The molecule has 1 aromatic rings. The third-order valence-corrected chi connectivity index (χ3v) is 5.22. The predicted molar refractivity (Wildman–Crippen MR) is 100 cm³/mol. The maximum atomic E-state index is 10.4. The Bertz CT molecular complexity index is 531. The molecule has 5 nitrogen and oxygen atoms in total. The van der Waals surface area contributed by atoms with Crippen molar-refractivity contribution in [3.63, 3.8) is 0 Å². The normalized spacial score (nSPS) is 25.4. The highest BCUT2D eigenvalue weighted by Crippen LogP contribution is 2.33. The molecule has 0 amide bonds. The molecule has 0 bridgehead atoms. The Kier molecular flexibility index (Phi) is 6.70. The summed E-state index contributed by atoms with van der Waals surface area (Å²) in [6.45, 7) is 3.55. The Morgan fingerprint density at radius 2 is 2.20 bits per heavy atom. The maximum absolute atomic E-state index is 10.4. The standard InChI is InChI=1S/C20H32N2O3/c1-21(2)17-7-3-6-16(12-17)20-9-4-10-22(20)13-18(23)14-24-15-19-8-5-11-25-19/h3,6-7,12,18-20,23H,4-5,8-11,13-15H2,1-2H3. The van der Waals surface area contributed by atoms with Crippen molar-refractivity contribution in [2.45, 2.75) is 43.9 Å². The fourth-order valence-electron chi connectivity index (χ4n) is 3.87. The molecule has 0 spiro atoms. The molecule has 0 saturated carbocycles. The Morgan fingerprint density at radius 1 is 1.32 bits per heavy atom. The summed E-state index contributed by atoms with van der Waals surface area (Å²) in [6.07, 6.45) is 4.31. The Morgan fingerprint density at radius 3 is 2.96 bits per heavy atom. The highest BCUT2D eigenvalue weighted by atomic mass is 16.5. The molecular weight excluding hydrogens is 316 g/mol. The van der Waals surface area contributed by atoms with Crippen molar-refractivity contribution in [3.05, 3.63) is 29.8 Å². The molecule has 0 aromatic heterocycles. The van der Waals surface area contributed by atoms with Crippen molar-refractivity contribution in [1.29, 1.82) is 0 Å². The van der Waals surface area contributed by atoms with Gasteiger partial charge in [0.15, 0.2) is 0 Å². The first-order valence-corrected chi connectivity index (χ1v) is 9.52. The zero-order valence-corrected chi connectivity index (χ0v) is 15.6. The van der Waals surface area contributed by atoms with Gasteiger partial charge in [0.25, 0.3) is 0 Å². The van der Waals surface area contributed by atoms with Gasteiger partial charge in [-0.15, -0.1) is 0 Å². The van der Waals surface area contributed by atoms with Gasteiger partial charge in [0.2, 0.25) is 0 Å². The zero-order chi connectivity index (χ0) is 17.6. The van der Waals surface area contributed by atoms with E-state index in [-0.39, 0.29) is 6.10 Å². The Labute approximate surface area is 151 Å². The first-order chi connectivity index (χ1) is 12.1. The van der Waals surface area contributed by atoms with Crippen LogP contribution in [-0.2, 0) is 9.47 Å². The number of aliphatic hydroxyl groups is 1. The van der Waals surface area contributed by atoms with Gasteiger partial charge in [0, 0.05) is 39.0 Å². The number of benzene rings is 1. The fraction of sp³-hybridized carbons (Fsp3) is 0.700. The number of likely N-dealkylation sites (tertiary alicyclic amines) is 1.